The number of benzene rings is 2. The molecule has 1 fully saturated rings. The zero-order valence-electron chi connectivity index (χ0n) is 15.1. The van der Waals surface area contributed by atoms with E-state index in [-0.39, 0.29) is 16.9 Å². The Morgan fingerprint density at radius 3 is 2.78 bits per heavy atom. The predicted octanol–water partition coefficient (Wildman–Crippen LogP) is 4.76. The fourth-order valence-electron chi connectivity index (χ4n) is 3.50. The number of halogens is 1. The van der Waals surface area contributed by atoms with Gasteiger partial charge in [0.1, 0.15) is 0 Å². The van der Waals surface area contributed by atoms with Crippen molar-refractivity contribution < 1.29 is 14.6 Å². The Hall–Kier alpha value is -2.50. The number of aromatic nitrogens is 2. The molecule has 1 atom stereocenters. The van der Waals surface area contributed by atoms with Crippen LogP contribution in [-0.4, -0.2) is 34.5 Å². The van der Waals surface area contributed by atoms with Gasteiger partial charge in [-0.05, 0) is 25.0 Å². The van der Waals surface area contributed by atoms with Crippen LogP contribution in [-0.2, 0) is 11.3 Å². The van der Waals surface area contributed by atoms with Gasteiger partial charge in [0, 0.05) is 17.7 Å². The lowest BCUT2D eigenvalue weighted by molar-refractivity contribution is 0.0973. The van der Waals surface area contributed by atoms with Gasteiger partial charge in [-0.3, -0.25) is 0 Å². The van der Waals surface area contributed by atoms with Crippen LogP contribution in [0.25, 0.3) is 22.5 Å². The van der Waals surface area contributed by atoms with Crippen LogP contribution in [0.4, 0.5) is 0 Å². The molecule has 0 saturated carbocycles. The normalized spacial score (nSPS) is 16.6. The predicted molar refractivity (Wildman–Crippen MR) is 105 cm³/mol. The SMILES string of the molecule is COc1cc(-c2c(-c3ccccc3)ncn2C[C@@H]2CCCO2)cc(Cl)c1O. The third kappa shape index (κ3) is 3.53. The van der Waals surface area contributed by atoms with Crippen molar-refractivity contribution in [3.05, 3.63) is 53.8 Å². The van der Waals surface area contributed by atoms with Crippen molar-refractivity contribution in [3.8, 4) is 34.0 Å². The molecule has 1 saturated heterocycles. The zero-order chi connectivity index (χ0) is 18.8. The largest absolute Gasteiger partial charge is 0.503 e. The molecule has 1 aromatic heterocycles. The topological polar surface area (TPSA) is 56.5 Å². The lowest BCUT2D eigenvalue weighted by Gasteiger charge is -2.16. The first-order chi connectivity index (χ1) is 13.2. The van der Waals surface area contributed by atoms with Crippen LogP contribution in [0.5, 0.6) is 11.5 Å². The summed E-state index contributed by atoms with van der Waals surface area (Å²) in [6.45, 7) is 1.52. The number of hydrogen-bond donors (Lipinski definition) is 1. The summed E-state index contributed by atoms with van der Waals surface area (Å²) in [6, 6.07) is 13.5. The van der Waals surface area contributed by atoms with Gasteiger partial charge in [-0.25, -0.2) is 4.98 Å². The first-order valence-corrected chi connectivity index (χ1v) is 9.34. The zero-order valence-corrected chi connectivity index (χ0v) is 15.8. The van der Waals surface area contributed by atoms with Gasteiger partial charge in [0.05, 0.1) is 42.5 Å². The number of ether oxygens (including phenoxy) is 2. The molecule has 140 valence electrons. The second-order valence-corrected chi connectivity index (χ2v) is 7.01. The van der Waals surface area contributed by atoms with E-state index in [4.69, 9.17) is 21.1 Å². The van der Waals surface area contributed by atoms with E-state index in [2.05, 4.69) is 9.55 Å². The molecular weight excluding hydrogens is 364 g/mol. The fourth-order valence-corrected chi connectivity index (χ4v) is 3.72. The van der Waals surface area contributed by atoms with Gasteiger partial charge in [-0.15, -0.1) is 0 Å². The Bertz CT molecular complexity index is 934. The number of imidazole rings is 1. The lowest BCUT2D eigenvalue weighted by Crippen LogP contribution is -2.15. The van der Waals surface area contributed by atoms with Crippen molar-refractivity contribution in [1.29, 1.82) is 0 Å². The third-order valence-electron chi connectivity index (χ3n) is 4.83. The van der Waals surface area contributed by atoms with E-state index in [9.17, 15) is 5.11 Å². The van der Waals surface area contributed by atoms with Gasteiger partial charge in [0.25, 0.3) is 0 Å². The second kappa shape index (κ2) is 7.62. The van der Waals surface area contributed by atoms with Gasteiger partial charge >= 0.3 is 0 Å². The Morgan fingerprint density at radius 1 is 1.26 bits per heavy atom. The molecule has 4 rings (SSSR count). The first kappa shape index (κ1) is 17.9. The van der Waals surface area contributed by atoms with E-state index < -0.39 is 0 Å². The van der Waals surface area contributed by atoms with E-state index in [1.54, 1.807) is 12.1 Å². The highest BCUT2D eigenvalue weighted by Gasteiger charge is 2.22. The summed E-state index contributed by atoms with van der Waals surface area (Å²) < 4.78 is 13.2. The third-order valence-corrected chi connectivity index (χ3v) is 5.12. The molecule has 2 heterocycles. The number of rotatable bonds is 5. The van der Waals surface area contributed by atoms with Gasteiger partial charge in [-0.1, -0.05) is 41.9 Å². The molecule has 0 spiro atoms. The van der Waals surface area contributed by atoms with Crippen molar-refractivity contribution >= 4 is 11.6 Å². The maximum Gasteiger partial charge on any atom is 0.176 e. The van der Waals surface area contributed by atoms with Gasteiger partial charge in [0.2, 0.25) is 0 Å². The summed E-state index contributed by atoms with van der Waals surface area (Å²) in [6.07, 6.45) is 4.14. The van der Waals surface area contributed by atoms with E-state index >= 15 is 0 Å². The Labute approximate surface area is 163 Å². The summed E-state index contributed by atoms with van der Waals surface area (Å²) in [5, 5.41) is 10.3. The standard InChI is InChI=1S/C21H21ClN2O3/c1-26-18-11-15(10-17(22)21(18)25)20-19(14-6-3-2-4-7-14)23-13-24(20)12-16-8-5-9-27-16/h2-4,6-7,10-11,13,16,25H,5,8-9,12H2,1H3/t16-/m0/s1. The van der Waals surface area contributed by atoms with Crippen LogP contribution < -0.4 is 4.74 Å². The van der Waals surface area contributed by atoms with Crippen molar-refractivity contribution in [2.75, 3.05) is 13.7 Å². The van der Waals surface area contributed by atoms with E-state index in [1.807, 2.05) is 36.7 Å². The molecule has 1 aliphatic heterocycles. The van der Waals surface area contributed by atoms with Crippen molar-refractivity contribution in [1.82, 2.24) is 9.55 Å². The number of phenols is 1. The summed E-state index contributed by atoms with van der Waals surface area (Å²) in [5.74, 6) is 0.274. The highest BCUT2D eigenvalue weighted by Crippen LogP contribution is 2.41. The Balaban J connectivity index is 1.85. The lowest BCUT2D eigenvalue weighted by atomic mass is 10.0. The van der Waals surface area contributed by atoms with Crippen LogP contribution in [0.2, 0.25) is 5.02 Å². The molecule has 3 aromatic rings. The molecule has 0 bridgehead atoms. The molecule has 1 N–H and O–H groups in total. The van der Waals surface area contributed by atoms with Crippen LogP contribution in [0.3, 0.4) is 0 Å². The molecular formula is C21H21ClN2O3. The quantitative estimate of drug-likeness (QED) is 0.688. The van der Waals surface area contributed by atoms with Gasteiger partial charge in [0.15, 0.2) is 11.5 Å². The number of hydrogen-bond acceptors (Lipinski definition) is 4. The van der Waals surface area contributed by atoms with Crippen LogP contribution in [0.15, 0.2) is 48.8 Å². The molecule has 0 radical (unpaired) electrons. The highest BCUT2D eigenvalue weighted by atomic mass is 35.5. The first-order valence-electron chi connectivity index (χ1n) is 8.96. The molecule has 0 unspecified atom stereocenters. The minimum Gasteiger partial charge on any atom is -0.503 e. The monoisotopic (exact) mass is 384 g/mol. The van der Waals surface area contributed by atoms with Crippen LogP contribution in [0, 0.1) is 0 Å². The average Bonchev–Trinajstić information content (AvgIpc) is 3.35. The molecule has 5 nitrogen and oxygen atoms in total. The minimum absolute atomic E-state index is 0.0608. The smallest absolute Gasteiger partial charge is 0.176 e. The van der Waals surface area contributed by atoms with E-state index in [1.165, 1.54) is 7.11 Å². The van der Waals surface area contributed by atoms with Gasteiger partial charge in [-0.2, -0.15) is 0 Å². The van der Waals surface area contributed by atoms with Crippen molar-refractivity contribution in [2.24, 2.45) is 0 Å². The number of phenolic OH excluding ortho intramolecular Hbond substituents is 1. The van der Waals surface area contributed by atoms with Gasteiger partial charge < -0.3 is 19.1 Å². The summed E-state index contributed by atoms with van der Waals surface area (Å²) in [4.78, 5) is 4.67. The molecule has 6 heteroatoms. The summed E-state index contributed by atoms with van der Waals surface area (Å²) in [5.41, 5.74) is 3.64. The van der Waals surface area contributed by atoms with E-state index in [0.29, 0.717) is 5.75 Å². The average molecular weight is 385 g/mol. The maximum atomic E-state index is 10.1. The summed E-state index contributed by atoms with van der Waals surface area (Å²) in [7, 11) is 1.51. The molecule has 27 heavy (non-hydrogen) atoms. The molecule has 0 amide bonds. The Morgan fingerprint density at radius 2 is 2.07 bits per heavy atom. The highest BCUT2D eigenvalue weighted by molar-refractivity contribution is 6.32. The van der Waals surface area contributed by atoms with Crippen molar-refractivity contribution in [2.45, 2.75) is 25.5 Å². The molecule has 2 aromatic carbocycles. The summed E-state index contributed by atoms with van der Waals surface area (Å²) >= 11 is 6.25. The Kier molecular flexibility index (Phi) is 5.05. The number of aromatic hydroxyl groups is 1. The van der Waals surface area contributed by atoms with Crippen LogP contribution >= 0.6 is 11.6 Å². The van der Waals surface area contributed by atoms with Crippen LogP contribution in [0.1, 0.15) is 12.8 Å². The number of methoxy groups -OCH3 is 1. The second-order valence-electron chi connectivity index (χ2n) is 6.60. The van der Waals surface area contributed by atoms with E-state index in [0.717, 1.165) is 48.5 Å². The maximum absolute atomic E-state index is 10.1. The minimum atomic E-state index is -0.0608. The molecule has 1 aliphatic rings. The molecule has 0 aliphatic carbocycles. The van der Waals surface area contributed by atoms with Crippen molar-refractivity contribution in [3.63, 3.8) is 0 Å². The fraction of sp³-hybridized carbons (Fsp3) is 0.286. The number of nitrogens with zero attached hydrogens (tertiary/aromatic N) is 2.